The fourth-order valence-corrected chi connectivity index (χ4v) is 2.02. The number of aryl methyl sites for hydroxylation is 1. The molecule has 0 fully saturated rings. The number of rotatable bonds is 4. The van der Waals surface area contributed by atoms with Crippen molar-refractivity contribution in [2.75, 3.05) is 7.11 Å². The average Bonchev–Trinajstić information content (AvgIpc) is 2.41. The Kier molecular flexibility index (Phi) is 4.09. The van der Waals surface area contributed by atoms with Gasteiger partial charge in [0.15, 0.2) is 11.6 Å². The molecule has 2 aromatic rings. The van der Waals surface area contributed by atoms with Crippen LogP contribution in [0.25, 0.3) is 0 Å². The van der Waals surface area contributed by atoms with Gasteiger partial charge in [-0.1, -0.05) is 12.1 Å². The van der Waals surface area contributed by atoms with Crippen LogP contribution < -0.4 is 16.0 Å². The molecule has 0 amide bonds. The Balaban J connectivity index is 2.48. The van der Waals surface area contributed by atoms with E-state index in [4.69, 9.17) is 10.6 Å². The minimum Gasteiger partial charge on any atom is -0.494 e. The molecule has 1 heterocycles. The molecule has 1 aromatic carbocycles. The van der Waals surface area contributed by atoms with Crippen LogP contribution in [0.2, 0.25) is 0 Å². The second kappa shape index (κ2) is 5.77. The number of hydrazine groups is 1. The second-order valence-corrected chi connectivity index (χ2v) is 4.19. The van der Waals surface area contributed by atoms with E-state index in [-0.39, 0.29) is 5.75 Å². The van der Waals surface area contributed by atoms with Gasteiger partial charge in [-0.25, -0.2) is 9.82 Å². The molecule has 0 saturated heterocycles. The zero-order valence-electron chi connectivity index (χ0n) is 10.9. The Bertz CT molecular complexity index is 574. The molecule has 0 aliphatic rings. The molecule has 0 aliphatic carbocycles. The first-order valence-corrected chi connectivity index (χ1v) is 5.88. The molecule has 0 radical (unpaired) electrons. The lowest BCUT2D eigenvalue weighted by Crippen LogP contribution is -2.29. The SMILES string of the molecule is COc1cccc(C(NN)c2ccnc(C)c2)c1F. The number of nitrogens with two attached hydrogens (primary N) is 1. The molecule has 3 N–H and O–H groups in total. The highest BCUT2D eigenvalue weighted by atomic mass is 19.1. The Morgan fingerprint density at radius 3 is 2.79 bits per heavy atom. The Morgan fingerprint density at radius 2 is 2.16 bits per heavy atom. The van der Waals surface area contributed by atoms with Crippen molar-refractivity contribution in [2.24, 2.45) is 5.84 Å². The van der Waals surface area contributed by atoms with E-state index in [1.54, 1.807) is 30.5 Å². The van der Waals surface area contributed by atoms with Crippen molar-refractivity contribution in [3.8, 4) is 5.75 Å². The first-order valence-electron chi connectivity index (χ1n) is 5.88. The van der Waals surface area contributed by atoms with Gasteiger partial charge in [0, 0.05) is 17.5 Å². The fourth-order valence-electron chi connectivity index (χ4n) is 2.02. The van der Waals surface area contributed by atoms with Gasteiger partial charge in [-0.05, 0) is 30.7 Å². The zero-order valence-corrected chi connectivity index (χ0v) is 10.9. The van der Waals surface area contributed by atoms with Gasteiger partial charge < -0.3 is 4.74 Å². The first kappa shape index (κ1) is 13.5. The first-order chi connectivity index (χ1) is 9.17. The molecule has 100 valence electrons. The van der Waals surface area contributed by atoms with Crippen LogP contribution in [-0.4, -0.2) is 12.1 Å². The molecular weight excluding hydrogens is 245 g/mol. The third-order valence-corrected chi connectivity index (χ3v) is 2.94. The van der Waals surface area contributed by atoms with Crippen LogP contribution in [0.3, 0.4) is 0 Å². The molecule has 4 nitrogen and oxygen atoms in total. The molecule has 0 bridgehead atoms. The maximum atomic E-state index is 14.3. The third-order valence-electron chi connectivity index (χ3n) is 2.94. The van der Waals surface area contributed by atoms with Gasteiger partial charge in [-0.3, -0.25) is 10.8 Å². The van der Waals surface area contributed by atoms with Gasteiger partial charge >= 0.3 is 0 Å². The van der Waals surface area contributed by atoms with Crippen LogP contribution in [0.15, 0.2) is 36.5 Å². The van der Waals surface area contributed by atoms with Crippen LogP contribution in [0.4, 0.5) is 4.39 Å². The predicted molar refractivity (Wildman–Crippen MR) is 71.1 cm³/mol. The van der Waals surface area contributed by atoms with Crippen molar-refractivity contribution >= 4 is 0 Å². The number of halogens is 1. The maximum Gasteiger partial charge on any atom is 0.170 e. The van der Waals surface area contributed by atoms with Crippen molar-refractivity contribution in [1.82, 2.24) is 10.4 Å². The van der Waals surface area contributed by atoms with E-state index < -0.39 is 11.9 Å². The number of nitrogens with one attached hydrogen (secondary N) is 1. The second-order valence-electron chi connectivity index (χ2n) is 4.19. The van der Waals surface area contributed by atoms with Crippen molar-refractivity contribution < 1.29 is 9.13 Å². The lowest BCUT2D eigenvalue weighted by Gasteiger charge is -2.18. The van der Waals surface area contributed by atoms with E-state index in [9.17, 15) is 4.39 Å². The number of hydrogen-bond acceptors (Lipinski definition) is 4. The van der Waals surface area contributed by atoms with Gasteiger partial charge in [0.1, 0.15) is 0 Å². The highest BCUT2D eigenvalue weighted by molar-refractivity contribution is 5.38. The summed E-state index contributed by atoms with van der Waals surface area (Å²) in [6.07, 6.45) is 1.67. The molecule has 1 aromatic heterocycles. The van der Waals surface area contributed by atoms with E-state index in [1.165, 1.54) is 7.11 Å². The summed E-state index contributed by atoms with van der Waals surface area (Å²) in [5, 5.41) is 0. The highest BCUT2D eigenvalue weighted by Gasteiger charge is 2.19. The summed E-state index contributed by atoms with van der Waals surface area (Å²) in [4.78, 5) is 4.12. The van der Waals surface area contributed by atoms with E-state index in [2.05, 4.69) is 10.4 Å². The summed E-state index contributed by atoms with van der Waals surface area (Å²) >= 11 is 0. The number of benzene rings is 1. The number of ether oxygens (including phenoxy) is 1. The molecule has 1 atom stereocenters. The molecule has 0 saturated carbocycles. The van der Waals surface area contributed by atoms with E-state index >= 15 is 0 Å². The van der Waals surface area contributed by atoms with Crippen molar-refractivity contribution in [3.63, 3.8) is 0 Å². The van der Waals surface area contributed by atoms with Crippen molar-refractivity contribution in [2.45, 2.75) is 13.0 Å². The standard InChI is InChI=1S/C14H16FN3O/c1-9-8-10(6-7-17-9)14(18-16)11-4-3-5-12(19-2)13(11)15/h3-8,14,18H,16H2,1-2H3. The Morgan fingerprint density at radius 1 is 1.37 bits per heavy atom. The molecule has 1 unspecified atom stereocenters. The molecule has 0 spiro atoms. The molecule has 19 heavy (non-hydrogen) atoms. The monoisotopic (exact) mass is 261 g/mol. The highest BCUT2D eigenvalue weighted by Crippen LogP contribution is 2.28. The van der Waals surface area contributed by atoms with E-state index in [1.807, 2.05) is 13.0 Å². The number of aromatic nitrogens is 1. The van der Waals surface area contributed by atoms with Crippen molar-refractivity contribution in [1.29, 1.82) is 0 Å². The minimum atomic E-state index is -0.447. The van der Waals surface area contributed by atoms with Gasteiger partial charge in [0.2, 0.25) is 0 Å². The van der Waals surface area contributed by atoms with E-state index in [0.717, 1.165) is 11.3 Å². The van der Waals surface area contributed by atoms with Crippen molar-refractivity contribution in [3.05, 3.63) is 59.2 Å². The number of nitrogens with zero attached hydrogens (tertiary/aromatic N) is 1. The normalized spacial score (nSPS) is 12.2. The quantitative estimate of drug-likeness (QED) is 0.653. The molecule has 5 heteroatoms. The van der Waals surface area contributed by atoms with Gasteiger partial charge in [0.25, 0.3) is 0 Å². The molecule has 0 aliphatic heterocycles. The largest absolute Gasteiger partial charge is 0.494 e. The zero-order chi connectivity index (χ0) is 13.8. The van der Waals surface area contributed by atoms with E-state index in [0.29, 0.717) is 5.56 Å². The lowest BCUT2D eigenvalue weighted by atomic mass is 9.99. The van der Waals surface area contributed by atoms with Crippen LogP contribution in [0.5, 0.6) is 5.75 Å². The molecule has 2 rings (SSSR count). The molecular formula is C14H16FN3O. The average molecular weight is 261 g/mol. The van der Waals surface area contributed by atoms with Crippen LogP contribution in [0, 0.1) is 12.7 Å². The third kappa shape index (κ3) is 2.72. The number of hydrogen-bond donors (Lipinski definition) is 2. The van der Waals surface area contributed by atoms with Crippen LogP contribution in [0.1, 0.15) is 22.9 Å². The lowest BCUT2D eigenvalue weighted by molar-refractivity contribution is 0.381. The van der Waals surface area contributed by atoms with Crippen LogP contribution >= 0.6 is 0 Å². The fraction of sp³-hybridized carbons (Fsp3) is 0.214. The summed E-state index contributed by atoms with van der Waals surface area (Å²) in [5.74, 6) is 5.35. The summed E-state index contributed by atoms with van der Waals surface area (Å²) in [6, 6.07) is 8.20. The number of methoxy groups -OCH3 is 1. The van der Waals surface area contributed by atoms with Gasteiger partial charge in [-0.15, -0.1) is 0 Å². The predicted octanol–water partition coefficient (Wildman–Crippen LogP) is 2.09. The summed E-state index contributed by atoms with van der Waals surface area (Å²) < 4.78 is 19.2. The topological polar surface area (TPSA) is 60.2 Å². The van der Waals surface area contributed by atoms with Crippen LogP contribution in [-0.2, 0) is 0 Å². The Labute approximate surface area is 111 Å². The number of pyridine rings is 1. The summed E-state index contributed by atoms with van der Waals surface area (Å²) in [6.45, 7) is 1.87. The maximum absolute atomic E-state index is 14.3. The van der Waals surface area contributed by atoms with Gasteiger partial charge in [-0.2, -0.15) is 0 Å². The smallest absolute Gasteiger partial charge is 0.170 e. The summed E-state index contributed by atoms with van der Waals surface area (Å²) in [5.41, 5.74) is 4.77. The Hall–Kier alpha value is -1.98. The van der Waals surface area contributed by atoms with Gasteiger partial charge in [0.05, 0.1) is 13.2 Å². The summed E-state index contributed by atoms with van der Waals surface area (Å²) in [7, 11) is 1.43. The minimum absolute atomic E-state index is 0.198.